The number of rotatable bonds is 5. The van der Waals surface area contributed by atoms with E-state index in [1.807, 2.05) is 77.2 Å². The molecule has 0 aromatic carbocycles. The second kappa shape index (κ2) is 9.52. The van der Waals surface area contributed by atoms with E-state index in [2.05, 4.69) is 20.3 Å². The van der Waals surface area contributed by atoms with Crippen LogP contribution >= 0.6 is 0 Å². The first-order chi connectivity index (χ1) is 16.5. The van der Waals surface area contributed by atoms with Crippen LogP contribution in [-0.4, -0.2) is 71.3 Å². The van der Waals surface area contributed by atoms with Gasteiger partial charge >= 0.3 is 6.09 Å². The van der Waals surface area contributed by atoms with Crippen molar-refractivity contribution in [2.75, 3.05) is 49.9 Å². The molecule has 1 atom stereocenters. The summed E-state index contributed by atoms with van der Waals surface area (Å²) in [6.45, 7) is 6.29. The Kier molecular flexibility index (Phi) is 6.64. The van der Waals surface area contributed by atoms with Crippen LogP contribution in [0.3, 0.4) is 0 Å². The number of ether oxygens (including phenoxy) is 1. The van der Waals surface area contributed by atoms with Crippen molar-refractivity contribution < 1.29 is 9.53 Å². The molecule has 0 spiro atoms. The topological polar surface area (TPSA) is 99.6 Å². The fourth-order valence-electron chi connectivity index (χ4n) is 4.19. The monoisotopic (exact) mass is 478 g/mol. The van der Waals surface area contributed by atoms with Gasteiger partial charge in [0.25, 0.3) is 0 Å². The molecular formula is C25H34N8O2. The molecule has 10 heteroatoms. The number of fused-ring (bicyclic) bond motifs is 1. The van der Waals surface area contributed by atoms with Gasteiger partial charge < -0.3 is 19.9 Å². The fraction of sp³-hybridized carbons (Fsp3) is 0.480. The number of hydrogen-bond donors (Lipinski definition) is 1. The maximum absolute atomic E-state index is 13.0. The van der Waals surface area contributed by atoms with Crippen molar-refractivity contribution in [2.45, 2.75) is 45.3 Å². The van der Waals surface area contributed by atoms with E-state index in [0.29, 0.717) is 24.1 Å². The molecule has 0 saturated carbocycles. The van der Waals surface area contributed by atoms with Crippen LogP contribution in [-0.2, 0) is 4.74 Å². The highest BCUT2D eigenvalue weighted by Crippen LogP contribution is 2.38. The maximum Gasteiger partial charge on any atom is 0.410 e. The molecule has 1 saturated heterocycles. The molecule has 1 amide bonds. The number of nitrogens with zero attached hydrogens (tertiary/aromatic N) is 7. The lowest BCUT2D eigenvalue weighted by molar-refractivity contribution is 0.0222. The van der Waals surface area contributed by atoms with Crippen LogP contribution in [0.1, 0.15) is 45.3 Å². The smallest absolute Gasteiger partial charge is 0.410 e. The molecule has 35 heavy (non-hydrogen) atoms. The fourth-order valence-corrected chi connectivity index (χ4v) is 4.19. The molecule has 1 unspecified atom stereocenters. The summed E-state index contributed by atoms with van der Waals surface area (Å²) in [7, 11) is 7.75. The lowest BCUT2D eigenvalue weighted by Crippen LogP contribution is -2.36. The van der Waals surface area contributed by atoms with Crippen molar-refractivity contribution in [1.29, 1.82) is 0 Å². The third kappa shape index (κ3) is 5.36. The highest BCUT2D eigenvalue weighted by Gasteiger charge is 2.35. The van der Waals surface area contributed by atoms with Crippen molar-refractivity contribution in [3.05, 3.63) is 36.4 Å². The first kappa shape index (κ1) is 24.4. The molecule has 3 aromatic heterocycles. The summed E-state index contributed by atoms with van der Waals surface area (Å²) in [5, 5.41) is 5.20. The summed E-state index contributed by atoms with van der Waals surface area (Å²) in [4.78, 5) is 36.9. The van der Waals surface area contributed by atoms with Gasteiger partial charge in [-0.3, -0.25) is 9.88 Å². The van der Waals surface area contributed by atoms with Crippen molar-refractivity contribution in [2.24, 2.45) is 0 Å². The van der Waals surface area contributed by atoms with Crippen LogP contribution in [0.15, 0.2) is 30.7 Å². The number of nitrogens with one attached hydrogen (secondary N) is 1. The van der Waals surface area contributed by atoms with E-state index in [1.54, 1.807) is 17.2 Å². The minimum absolute atomic E-state index is 0.168. The van der Waals surface area contributed by atoms with E-state index in [4.69, 9.17) is 9.72 Å². The first-order valence-corrected chi connectivity index (χ1v) is 11.8. The average Bonchev–Trinajstić information content (AvgIpc) is 3.27. The minimum Gasteiger partial charge on any atom is -0.444 e. The van der Waals surface area contributed by atoms with Gasteiger partial charge in [0, 0.05) is 57.9 Å². The first-order valence-electron chi connectivity index (χ1n) is 11.8. The number of anilines is 4. The number of hydrogen-bond acceptors (Lipinski definition) is 9. The Morgan fingerprint density at radius 3 is 2.51 bits per heavy atom. The summed E-state index contributed by atoms with van der Waals surface area (Å²) in [5.74, 6) is 1.89. The van der Waals surface area contributed by atoms with Crippen LogP contribution in [0.25, 0.3) is 10.8 Å². The second-order valence-corrected chi connectivity index (χ2v) is 10.1. The Morgan fingerprint density at radius 1 is 1.06 bits per heavy atom. The van der Waals surface area contributed by atoms with Gasteiger partial charge in [-0.1, -0.05) is 0 Å². The molecule has 1 aliphatic rings. The normalized spacial score (nSPS) is 15.9. The molecule has 0 radical (unpaired) electrons. The summed E-state index contributed by atoms with van der Waals surface area (Å²) in [5.41, 5.74) is 1.25. The number of pyridine rings is 2. The third-order valence-corrected chi connectivity index (χ3v) is 5.76. The van der Waals surface area contributed by atoms with Crippen LogP contribution in [0.5, 0.6) is 0 Å². The summed E-state index contributed by atoms with van der Waals surface area (Å²) < 4.78 is 5.69. The van der Waals surface area contributed by atoms with Gasteiger partial charge in [-0.2, -0.15) is 4.98 Å². The number of likely N-dealkylation sites (tertiary alicyclic amines) is 1. The highest BCUT2D eigenvalue weighted by molar-refractivity contribution is 5.96. The standard InChI is InChI=1S/C25H34N8O2/c1-25(2,3)35-24(34)33-12-8-9-18(33)22-16-13-21(27-14-17(16)19(15-28-22)31(4)5)29-20-10-11-26-23(30-20)32(6)7/h10-11,13-15,18H,8-9,12H2,1-7H3,(H,26,27,29,30). The van der Waals surface area contributed by atoms with Gasteiger partial charge in [-0.15, -0.1) is 0 Å². The molecule has 0 bridgehead atoms. The van der Waals surface area contributed by atoms with Crippen LogP contribution in [0.2, 0.25) is 0 Å². The molecule has 0 aliphatic carbocycles. The summed E-state index contributed by atoms with van der Waals surface area (Å²) >= 11 is 0. The molecular weight excluding hydrogens is 444 g/mol. The summed E-state index contributed by atoms with van der Waals surface area (Å²) in [6.07, 6.45) is 6.82. The molecule has 1 fully saturated rings. The largest absolute Gasteiger partial charge is 0.444 e. The van der Waals surface area contributed by atoms with Crippen molar-refractivity contribution in [3.8, 4) is 0 Å². The average molecular weight is 479 g/mol. The van der Waals surface area contributed by atoms with E-state index in [-0.39, 0.29) is 12.1 Å². The molecule has 1 N–H and O–H groups in total. The number of carbonyl (C=O) groups is 1. The predicted octanol–water partition coefficient (Wildman–Crippen LogP) is 4.37. The van der Waals surface area contributed by atoms with Crippen LogP contribution in [0.4, 0.5) is 28.1 Å². The van der Waals surface area contributed by atoms with Gasteiger partial charge in [-0.05, 0) is 45.7 Å². The molecule has 186 valence electrons. The molecule has 10 nitrogen and oxygen atoms in total. The van der Waals surface area contributed by atoms with Gasteiger partial charge in [0.05, 0.1) is 23.6 Å². The van der Waals surface area contributed by atoms with Gasteiger partial charge in [0.1, 0.15) is 17.2 Å². The van der Waals surface area contributed by atoms with Gasteiger partial charge in [0.15, 0.2) is 0 Å². The lowest BCUT2D eigenvalue weighted by Gasteiger charge is -2.29. The zero-order valence-corrected chi connectivity index (χ0v) is 21.5. The Balaban J connectivity index is 1.75. The van der Waals surface area contributed by atoms with Crippen LogP contribution < -0.4 is 15.1 Å². The van der Waals surface area contributed by atoms with E-state index in [0.717, 1.165) is 35.0 Å². The van der Waals surface area contributed by atoms with Crippen LogP contribution in [0, 0.1) is 0 Å². The number of aromatic nitrogens is 4. The molecule has 3 aromatic rings. The molecule has 4 rings (SSSR count). The minimum atomic E-state index is -0.557. The molecule has 4 heterocycles. The van der Waals surface area contributed by atoms with Gasteiger partial charge in [-0.25, -0.2) is 14.8 Å². The zero-order chi connectivity index (χ0) is 25.3. The Bertz CT molecular complexity index is 1220. The van der Waals surface area contributed by atoms with Crippen molar-refractivity contribution in [1.82, 2.24) is 24.8 Å². The summed E-state index contributed by atoms with van der Waals surface area (Å²) in [6, 6.07) is 3.61. The SMILES string of the molecule is CN(C)c1nccc(Nc2cc3c(C4CCCN4C(=O)OC(C)(C)C)ncc(N(C)C)c3cn2)n1. The van der Waals surface area contributed by atoms with Crippen molar-refractivity contribution in [3.63, 3.8) is 0 Å². The van der Waals surface area contributed by atoms with Crippen molar-refractivity contribution >= 4 is 40.1 Å². The lowest BCUT2D eigenvalue weighted by atomic mass is 10.0. The van der Waals surface area contributed by atoms with E-state index < -0.39 is 5.60 Å². The maximum atomic E-state index is 13.0. The zero-order valence-electron chi connectivity index (χ0n) is 21.5. The third-order valence-electron chi connectivity index (χ3n) is 5.76. The Morgan fingerprint density at radius 2 is 1.83 bits per heavy atom. The highest BCUT2D eigenvalue weighted by atomic mass is 16.6. The van der Waals surface area contributed by atoms with Gasteiger partial charge in [0.2, 0.25) is 5.95 Å². The predicted molar refractivity (Wildman–Crippen MR) is 138 cm³/mol. The Hall–Kier alpha value is -3.69. The second-order valence-electron chi connectivity index (χ2n) is 10.1. The Labute approximate surface area is 206 Å². The number of carbonyl (C=O) groups excluding carboxylic acids is 1. The quantitative estimate of drug-likeness (QED) is 0.573. The van der Waals surface area contributed by atoms with E-state index in [1.165, 1.54) is 0 Å². The van der Waals surface area contributed by atoms with E-state index >= 15 is 0 Å². The molecule has 1 aliphatic heterocycles. The number of amides is 1. The van der Waals surface area contributed by atoms with E-state index in [9.17, 15) is 4.79 Å².